The van der Waals surface area contributed by atoms with Gasteiger partial charge in [0.2, 0.25) is 0 Å². The largest absolute Gasteiger partial charge is 1.00 e. The van der Waals surface area contributed by atoms with Crippen LogP contribution in [0.1, 0.15) is 20.8 Å². The van der Waals surface area contributed by atoms with Gasteiger partial charge in [0.25, 0.3) is 0 Å². The van der Waals surface area contributed by atoms with Gasteiger partial charge in [-0.15, -0.1) is 0 Å². The first kappa shape index (κ1) is 22.8. The lowest BCUT2D eigenvalue weighted by atomic mass is 10.1. The first-order chi connectivity index (χ1) is 12.4. The molecule has 7 heteroatoms. The number of halogens is 3. The highest BCUT2D eigenvalue weighted by atomic mass is 79.9. The number of imidazole rings is 2. The fourth-order valence-electron chi connectivity index (χ4n) is 3.42. The van der Waals surface area contributed by atoms with Gasteiger partial charge in [0.05, 0.1) is 5.54 Å². The number of nitrogens with two attached hydrogens (primary N) is 1. The van der Waals surface area contributed by atoms with Crippen LogP contribution in [0.25, 0.3) is 28.1 Å². The maximum absolute atomic E-state index is 3.60. The molecule has 0 spiro atoms. The van der Waals surface area contributed by atoms with E-state index in [-0.39, 0.29) is 30.4 Å². The van der Waals surface area contributed by atoms with E-state index in [0.29, 0.717) is 0 Å². The minimum Gasteiger partial charge on any atom is -1.00 e. The number of H-pyrrole nitrogens is 1. The Morgan fingerprint density at radius 2 is 1.71 bits per heavy atom. The Kier molecular flexibility index (Phi) is 7.21. The first-order valence-electron chi connectivity index (χ1n) is 9.04. The van der Waals surface area contributed by atoms with Crippen molar-refractivity contribution in [2.24, 2.45) is 0 Å². The molecule has 0 saturated heterocycles. The van der Waals surface area contributed by atoms with E-state index in [1.807, 2.05) is 0 Å². The Bertz CT molecular complexity index is 1060. The Morgan fingerprint density at radius 3 is 2.39 bits per heavy atom. The van der Waals surface area contributed by atoms with Crippen LogP contribution in [-0.4, -0.2) is 21.6 Å². The van der Waals surface area contributed by atoms with Crippen LogP contribution >= 0.6 is 15.9 Å². The average molecular weight is 484 g/mol. The molecule has 0 bridgehead atoms. The number of para-hydroxylation sites is 2. The first-order valence-corrected chi connectivity index (χ1v) is 9.84. The molecule has 4 nitrogen and oxygen atoms in total. The van der Waals surface area contributed by atoms with E-state index in [1.165, 1.54) is 22.3 Å². The molecule has 4 aromatic rings. The molecule has 0 saturated carbocycles. The van der Waals surface area contributed by atoms with Crippen molar-refractivity contribution in [2.75, 3.05) is 6.54 Å². The van der Waals surface area contributed by atoms with Crippen molar-refractivity contribution in [3.8, 4) is 11.3 Å². The van der Waals surface area contributed by atoms with E-state index in [9.17, 15) is 0 Å². The number of hydrogen-bond acceptors (Lipinski definition) is 0. The summed E-state index contributed by atoms with van der Waals surface area (Å²) in [6, 6.07) is 17.0. The Balaban J connectivity index is 0.00000140. The topological polar surface area (TPSA) is 41.4 Å². The molecule has 0 fully saturated rings. The second-order valence-corrected chi connectivity index (χ2v) is 8.78. The highest BCUT2D eigenvalue weighted by molar-refractivity contribution is 9.10. The Hall–Kier alpha value is -1.53. The molecule has 0 aliphatic carbocycles. The summed E-state index contributed by atoms with van der Waals surface area (Å²) in [6.07, 6.45) is 2.24. The lowest BCUT2D eigenvalue weighted by molar-refractivity contribution is -0.717. The number of quaternary nitrogens is 1. The summed E-state index contributed by atoms with van der Waals surface area (Å²) in [6.45, 7) is 8.75. The second-order valence-electron chi connectivity index (χ2n) is 7.87. The van der Waals surface area contributed by atoms with Crippen LogP contribution in [0, 0.1) is 0 Å². The van der Waals surface area contributed by atoms with Crippen LogP contribution in [0.2, 0.25) is 0 Å². The summed E-state index contributed by atoms with van der Waals surface area (Å²) < 4.78 is 5.76. The molecular weight excluding hydrogens is 459 g/mol. The third-order valence-electron chi connectivity index (χ3n) is 4.69. The molecule has 0 atom stereocenters. The molecule has 0 unspecified atom stereocenters. The number of aromatic amines is 1. The van der Waals surface area contributed by atoms with Crippen molar-refractivity contribution in [3.05, 3.63) is 59.2 Å². The molecule has 150 valence electrons. The summed E-state index contributed by atoms with van der Waals surface area (Å²) in [5.41, 5.74) is 5.07. The average Bonchev–Trinajstić information content (AvgIpc) is 3.11. The van der Waals surface area contributed by atoms with Gasteiger partial charge in [-0.3, -0.25) is 0 Å². The number of nitrogens with zero attached hydrogens (tertiary/aromatic N) is 2. The van der Waals surface area contributed by atoms with Gasteiger partial charge >= 0.3 is 5.78 Å². The van der Waals surface area contributed by atoms with E-state index >= 15 is 0 Å². The van der Waals surface area contributed by atoms with Gasteiger partial charge in [-0.05, 0) is 45.0 Å². The monoisotopic (exact) mass is 482 g/mol. The molecule has 0 aliphatic rings. The lowest BCUT2D eigenvalue weighted by Crippen LogP contribution is -3.00. The number of benzene rings is 2. The predicted molar refractivity (Wildman–Crippen MR) is 109 cm³/mol. The second kappa shape index (κ2) is 8.87. The maximum Gasteiger partial charge on any atom is 0.368 e. The fraction of sp³-hybridized carbons (Fsp3) is 0.286. The zero-order valence-corrected chi connectivity index (χ0v) is 19.3. The van der Waals surface area contributed by atoms with E-state index in [4.69, 9.17) is 0 Å². The van der Waals surface area contributed by atoms with E-state index in [0.717, 1.165) is 23.3 Å². The molecule has 2 aromatic heterocycles. The summed E-state index contributed by atoms with van der Waals surface area (Å²) in [7, 11) is 0. The minimum absolute atomic E-state index is 0. The van der Waals surface area contributed by atoms with Gasteiger partial charge in [-0.2, -0.15) is 4.40 Å². The van der Waals surface area contributed by atoms with Crippen LogP contribution < -0.4 is 34.5 Å². The standard InChI is InChI=1S/C21H23BrN4.2ClH/c1-21(2,3)23-12-13-25-19(15-8-10-16(22)11-9-15)14-26-18-7-5-4-6-17(18)24-20(25)26;;/h4-11,14,23H,12-13H2,1-3H3;2*1H. The number of rotatable bonds is 4. The van der Waals surface area contributed by atoms with Crippen LogP contribution in [0.4, 0.5) is 0 Å². The van der Waals surface area contributed by atoms with E-state index in [2.05, 4.69) is 111 Å². The summed E-state index contributed by atoms with van der Waals surface area (Å²) in [4.78, 5) is 3.60. The van der Waals surface area contributed by atoms with Crippen molar-refractivity contribution in [2.45, 2.75) is 32.9 Å². The SMILES string of the molecule is CC(C)(C)[NH2+]CCn1c(-c2ccc(Br)cc2)c[n+]2c3ccccc3[nH]c12.[Cl-].[Cl-]. The zero-order chi connectivity index (χ0) is 18.3. The molecule has 4 rings (SSSR count). The van der Waals surface area contributed by atoms with Crippen molar-refractivity contribution >= 4 is 32.7 Å². The van der Waals surface area contributed by atoms with E-state index in [1.54, 1.807) is 0 Å². The third-order valence-corrected chi connectivity index (χ3v) is 5.21. The Morgan fingerprint density at radius 1 is 1.04 bits per heavy atom. The summed E-state index contributed by atoms with van der Waals surface area (Å²) >= 11 is 3.54. The maximum atomic E-state index is 3.60. The normalized spacial score (nSPS) is 11.4. The van der Waals surface area contributed by atoms with Crippen molar-refractivity contribution in [1.82, 2.24) is 9.55 Å². The van der Waals surface area contributed by atoms with Gasteiger partial charge in [0, 0.05) is 10.0 Å². The summed E-state index contributed by atoms with van der Waals surface area (Å²) in [5, 5.41) is 2.40. The highest BCUT2D eigenvalue weighted by Gasteiger charge is 2.23. The molecule has 2 heterocycles. The number of nitrogens with one attached hydrogen (secondary N) is 1. The van der Waals surface area contributed by atoms with Crippen LogP contribution in [0.15, 0.2) is 59.2 Å². The molecule has 28 heavy (non-hydrogen) atoms. The number of hydrogen-bond donors (Lipinski definition) is 2. The summed E-state index contributed by atoms with van der Waals surface area (Å²) in [5.74, 6) is 1.13. The van der Waals surface area contributed by atoms with Crippen LogP contribution in [0.5, 0.6) is 0 Å². The quantitative estimate of drug-likeness (QED) is 0.301. The zero-order valence-electron chi connectivity index (χ0n) is 16.2. The van der Waals surface area contributed by atoms with Gasteiger partial charge < -0.3 is 30.1 Å². The van der Waals surface area contributed by atoms with Gasteiger partial charge in [0.1, 0.15) is 36.0 Å². The predicted octanol–water partition coefficient (Wildman–Crippen LogP) is -2.49. The van der Waals surface area contributed by atoms with Crippen molar-refractivity contribution in [3.63, 3.8) is 0 Å². The lowest BCUT2D eigenvalue weighted by Gasteiger charge is -2.16. The molecule has 2 aromatic carbocycles. The third kappa shape index (κ3) is 4.54. The Labute approximate surface area is 186 Å². The number of fused-ring (bicyclic) bond motifs is 3. The molecule has 0 amide bonds. The smallest absolute Gasteiger partial charge is 0.368 e. The van der Waals surface area contributed by atoms with Crippen molar-refractivity contribution < 1.29 is 34.5 Å². The molecule has 0 radical (unpaired) electrons. The fourth-order valence-corrected chi connectivity index (χ4v) is 3.69. The molecule has 0 aliphatic heterocycles. The van der Waals surface area contributed by atoms with Crippen LogP contribution in [0.3, 0.4) is 0 Å². The molecule has 3 N–H and O–H groups in total. The highest BCUT2D eigenvalue weighted by Crippen LogP contribution is 2.24. The van der Waals surface area contributed by atoms with E-state index < -0.39 is 0 Å². The van der Waals surface area contributed by atoms with Crippen molar-refractivity contribution in [1.29, 1.82) is 0 Å². The van der Waals surface area contributed by atoms with Crippen LogP contribution in [-0.2, 0) is 6.54 Å². The van der Waals surface area contributed by atoms with Gasteiger partial charge in [0.15, 0.2) is 0 Å². The van der Waals surface area contributed by atoms with Gasteiger partial charge in [-0.25, -0.2) is 9.55 Å². The molecular formula is C21H25BrCl2N4. The number of aromatic nitrogens is 3. The minimum atomic E-state index is 0. The van der Waals surface area contributed by atoms with Gasteiger partial charge in [-0.1, -0.05) is 40.2 Å².